The molecule has 0 fully saturated rings. The number of aromatic amines is 1. The molecule has 1 atom stereocenters. The molecule has 1 unspecified atom stereocenters. The summed E-state index contributed by atoms with van der Waals surface area (Å²) in [6, 6.07) is 7.75. The number of rotatable bonds is 6. The SMILES string of the molecule is CCC=CC(C)C1=C(CCCO)C(=O)C(=O)c2[nH]c3ccccc3c21. The zero-order valence-corrected chi connectivity index (χ0v) is 14.6. The van der Waals surface area contributed by atoms with E-state index in [4.69, 9.17) is 0 Å². The summed E-state index contributed by atoms with van der Waals surface area (Å²) in [6.45, 7) is 4.12. The van der Waals surface area contributed by atoms with Crippen LogP contribution in [0, 0.1) is 5.92 Å². The number of fused-ring (bicyclic) bond motifs is 3. The Morgan fingerprint density at radius 1 is 1.20 bits per heavy atom. The van der Waals surface area contributed by atoms with Gasteiger partial charge in [-0.2, -0.15) is 0 Å². The number of Topliss-reactive ketones (excluding diaryl/α,β-unsaturated/α-hetero) is 2. The summed E-state index contributed by atoms with van der Waals surface area (Å²) in [5.41, 5.74) is 3.56. The van der Waals surface area contributed by atoms with Gasteiger partial charge in [-0.15, -0.1) is 0 Å². The van der Waals surface area contributed by atoms with Gasteiger partial charge in [0.05, 0.1) is 5.69 Å². The Hall–Kier alpha value is -2.46. The van der Waals surface area contributed by atoms with Crippen LogP contribution in [0.1, 0.15) is 49.2 Å². The molecule has 0 spiro atoms. The zero-order chi connectivity index (χ0) is 18.0. The molecule has 2 aromatic rings. The number of hydrogen-bond acceptors (Lipinski definition) is 3. The van der Waals surface area contributed by atoms with E-state index in [0.29, 0.717) is 24.1 Å². The minimum absolute atomic E-state index is 0.00181. The molecule has 0 saturated carbocycles. The van der Waals surface area contributed by atoms with Gasteiger partial charge in [-0.05, 0) is 30.9 Å². The standard InChI is InChI=1S/C21H23NO3/c1-3-4-8-13(2)17-15(10-7-12-23)20(24)21(25)19-18(17)14-9-5-6-11-16(14)22-19/h4-6,8-9,11,13,22-23H,3,7,10,12H2,1-2H3. The van der Waals surface area contributed by atoms with Gasteiger partial charge in [-0.3, -0.25) is 9.59 Å². The van der Waals surface area contributed by atoms with E-state index in [2.05, 4.69) is 31.0 Å². The van der Waals surface area contributed by atoms with Crippen LogP contribution in [-0.2, 0) is 4.79 Å². The number of carbonyl (C=O) groups is 2. The van der Waals surface area contributed by atoms with Crippen LogP contribution >= 0.6 is 0 Å². The van der Waals surface area contributed by atoms with Crippen LogP contribution in [0.5, 0.6) is 0 Å². The highest BCUT2D eigenvalue weighted by atomic mass is 16.3. The molecule has 0 radical (unpaired) electrons. The first-order valence-corrected chi connectivity index (χ1v) is 8.80. The van der Waals surface area contributed by atoms with Crippen molar-refractivity contribution in [3.05, 3.63) is 53.2 Å². The van der Waals surface area contributed by atoms with E-state index in [0.717, 1.165) is 28.5 Å². The van der Waals surface area contributed by atoms with Crippen molar-refractivity contribution in [2.75, 3.05) is 6.61 Å². The third-order valence-electron chi connectivity index (χ3n) is 4.71. The molecule has 1 aliphatic carbocycles. The van der Waals surface area contributed by atoms with Crippen LogP contribution in [-0.4, -0.2) is 28.3 Å². The highest BCUT2D eigenvalue weighted by Gasteiger charge is 2.36. The van der Waals surface area contributed by atoms with Crippen molar-refractivity contribution in [2.45, 2.75) is 33.1 Å². The lowest BCUT2D eigenvalue weighted by atomic mass is 9.79. The van der Waals surface area contributed by atoms with Gasteiger partial charge in [0, 0.05) is 34.6 Å². The normalized spacial score (nSPS) is 16.1. The van der Waals surface area contributed by atoms with Gasteiger partial charge in [0.25, 0.3) is 0 Å². The fraction of sp³-hybridized carbons (Fsp3) is 0.333. The monoisotopic (exact) mass is 337 g/mol. The Balaban J connectivity index is 2.29. The second-order valence-electron chi connectivity index (χ2n) is 6.42. The summed E-state index contributed by atoms with van der Waals surface area (Å²) < 4.78 is 0. The number of ketones is 2. The molecule has 1 aromatic heterocycles. The highest BCUT2D eigenvalue weighted by molar-refractivity contribution is 6.52. The van der Waals surface area contributed by atoms with Gasteiger partial charge < -0.3 is 10.1 Å². The first-order valence-electron chi connectivity index (χ1n) is 8.80. The molecule has 25 heavy (non-hydrogen) atoms. The van der Waals surface area contributed by atoms with Crippen molar-refractivity contribution >= 4 is 28.0 Å². The van der Waals surface area contributed by atoms with Crippen LogP contribution in [0.2, 0.25) is 0 Å². The Bertz CT molecular complexity index is 886. The summed E-state index contributed by atoms with van der Waals surface area (Å²) in [5, 5.41) is 10.2. The van der Waals surface area contributed by atoms with Crippen LogP contribution in [0.25, 0.3) is 16.5 Å². The number of allylic oxidation sites excluding steroid dienone is 4. The molecule has 0 saturated heterocycles. The predicted molar refractivity (Wildman–Crippen MR) is 99.5 cm³/mol. The molecule has 2 N–H and O–H groups in total. The maximum absolute atomic E-state index is 12.7. The Morgan fingerprint density at radius 2 is 1.96 bits per heavy atom. The average molecular weight is 337 g/mol. The van der Waals surface area contributed by atoms with E-state index in [1.807, 2.05) is 24.3 Å². The summed E-state index contributed by atoms with van der Waals surface area (Å²) in [6.07, 6.45) is 5.97. The van der Waals surface area contributed by atoms with E-state index in [9.17, 15) is 14.7 Å². The lowest BCUT2D eigenvalue weighted by molar-refractivity contribution is -0.112. The third-order valence-corrected chi connectivity index (χ3v) is 4.71. The topological polar surface area (TPSA) is 70.2 Å². The van der Waals surface area contributed by atoms with E-state index in [-0.39, 0.29) is 12.5 Å². The van der Waals surface area contributed by atoms with Crippen molar-refractivity contribution in [2.24, 2.45) is 5.92 Å². The second-order valence-corrected chi connectivity index (χ2v) is 6.42. The molecule has 4 heteroatoms. The van der Waals surface area contributed by atoms with Gasteiger partial charge in [-0.25, -0.2) is 0 Å². The minimum Gasteiger partial charge on any atom is -0.396 e. The van der Waals surface area contributed by atoms with E-state index in [1.54, 1.807) is 0 Å². The molecule has 4 nitrogen and oxygen atoms in total. The molecular formula is C21H23NO3. The maximum Gasteiger partial charge on any atom is 0.249 e. The van der Waals surface area contributed by atoms with E-state index < -0.39 is 11.6 Å². The number of para-hydroxylation sites is 1. The summed E-state index contributed by atoms with van der Waals surface area (Å²) in [7, 11) is 0. The van der Waals surface area contributed by atoms with Crippen molar-refractivity contribution in [1.82, 2.24) is 4.98 Å². The molecule has 1 aliphatic rings. The third kappa shape index (κ3) is 2.98. The van der Waals surface area contributed by atoms with Crippen molar-refractivity contribution in [3.63, 3.8) is 0 Å². The van der Waals surface area contributed by atoms with Crippen molar-refractivity contribution in [1.29, 1.82) is 0 Å². The molecule has 3 rings (SSSR count). The smallest absolute Gasteiger partial charge is 0.249 e. The van der Waals surface area contributed by atoms with Gasteiger partial charge in [0.1, 0.15) is 0 Å². The number of H-pyrrole nitrogens is 1. The van der Waals surface area contributed by atoms with E-state index >= 15 is 0 Å². The first-order chi connectivity index (χ1) is 12.1. The van der Waals surface area contributed by atoms with Gasteiger partial charge in [0.15, 0.2) is 0 Å². The highest BCUT2D eigenvalue weighted by Crippen LogP contribution is 2.41. The summed E-state index contributed by atoms with van der Waals surface area (Å²) in [4.78, 5) is 28.5. The Kier molecular flexibility index (Phi) is 5.00. The zero-order valence-electron chi connectivity index (χ0n) is 14.6. The lowest BCUT2D eigenvalue weighted by Gasteiger charge is -2.23. The first kappa shape index (κ1) is 17.4. The summed E-state index contributed by atoms with van der Waals surface area (Å²) >= 11 is 0. The number of hydrogen-bond donors (Lipinski definition) is 2. The van der Waals surface area contributed by atoms with Crippen LogP contribution in [0.4, 0.5) is 0 Å². The van der Waals surface area contributed by atoms with E-state index in [1.165, 1.54) is 0 Å². The number of aliphatic hydroxyl groups excluding tert-OH is 1. The van der Waals surface area contributed by atoms with Crippen LogP contribution in [0.3, 0.4) is 0 Å². The van der Waals surface area contributed by atoms with Gasteiger partial charge in [-0.1, -0.05) is 44.2 Å². The summed E-state index contributed by atoms with van der Waals surface area (Å²) in [5.74, 6) is -0.905. The molecule has 1 aromatic carbocycles. The fourth-order valence-electron chi connectivity index (χ4n) is 3.56. The van der Waals surface area contributed by atoms with Crippen LogP contribution in [0.15, 0.2) is 42.0 Å². The number of nitrogens with one attached hydrogen (secondary N) is 1. The maximum atomic E-state index is 12.7. The number of aromatic nitrogens is 1. The van der Waals surface area contributed by atoms with Gasteiger partial charge in [0.2, 0.25) is 11.6 Å². The Morgan fingerprint density at radius 3 is 2.68 bits per heavy atom. The minimum atomic E-state index is -0.477. The number of aliphatic hydroxyl groups is 1. The largest absolute Gasteiger partial charge is 0.396 e. The predicted octanol–water partition coefficient (Wildman–Crippen LogP) is 4.06. The Labute approximate surface area is 147 Å². The number of benzene rings is 1. The molecule has 0 amide bonds. The molecular weight excluding hydrogens is 314 g/mol. The number of carbonyl (C=O) groups excluding carboxylic acids is 2. The lowest BCUT2D eigenvalue weighted by Crippen LogP contribution is -2.25. The quantitative estimate of drug-likeness (QED) is 0.617. The molecule has 1 heterocycles. The van der Waals surface area contributed by atoms with Crippen LogP contribution < -0.4 is 0 Å². The molecule has 0 bridgehead atoms. The van der Waals surface area contributed by atoms with Crippen molar-refractivity contribution < 1.29 is 14.7 Å². The second kappa shape index (κ2) is 7.19. The average Bonchev–Trinajstić information content (AvgIpc) is 3.01. The van der Waals surface area contributed by atoms with Gasteiger partial charge >= 0.3 is 0 Å². The fourth-order valence-corrected chi connectivity index (χ4v) is 3.56. The molecule has 0 aliphatic heterocycles. The van der Waals surface area contributed by atoms with Crippen molar-refractivity contribution in [3.8, 4) is 0 Å². The molecule has 130 valence electrons.